The van der Waals surface area contributed by atoms with Gasteiger partial charge in [-0.2, -0.15) is 0 Å². The van der Waals surface area contributed by atoms with E-state index in [0.717, 1.165) is 34.4 Å². The van der Waals surface area contributed by atoms with E-state index < -0.39 is 9.84 Å². The number of nitrogens with zero attached hydrogens (tertiary/aromatic N) is 2. The Kier molecular flexibility index (Phi) is 6.32. The molecule has 9 heteroatoms. The summed E-state index contributed by atoms with van der Waals surface area (Å²) in [6, 6.07) is 17.3. The second-order valence-electron chi connectivity index (χ2n) is 7.95. The number of carbonyl (C=O) groups is 1. The first-order valence-electron chi connectivity index (χ1n) is 10.9. The maximum atomic E-state index is 13.1. The van der Waals surface area contributed by atoms with Crippen LogP contribution >= 0.6 is 11.3 Å². The van der Waals surface area contributed by atoms with E-state index in [1.807, 2.05) is 24.3 Å². The van der Waals surface area contributed by atoms with Gasteiger partial charge in [0, 0.05) is 37.7 Å². The van der Waals surface area contributed by atoms with E-state index in [9.17, 15) is 13.2 Å². The molecule has 0 unspecified atom stereocenters. The molecule has 1 fully saturated rings. The van der Waals surface area contributed by atoms with Crippen LogP contribution in [0.4, 0.5) is 5.69 Å². The Hall–Kier alpha value is -3.27. The van der Waals surface area contributed by atoms with Crippen molar-refractivity contribution in [2.24, 2.45) is 0 Å². The zero-order chi connectivity index (χ0) is 23.5. The topological polar surface area (TPSA) is 88.6 Å². The van der Waals surface area contributed by atoms with Gasteiger partial charge in [-0.1, -0.05) is 12.1 Å². The summed E-state index contributed by atoms with van der Waals surface area (Å²) in [5.74, 6) is -0.168. The van der Waals surface area contributed by atoms with Crippen LogP contribution in [0.5, 0.6) is 0 Å². The minimum Gasteiger partial charge on any atom is -0.378 e. The molecule has 1 aliphatic rings. The molecule has 0 spiro atoms. The number of thiophene rings is 1. The molecule has 0 aliphatic carbocycles. The predicted octanol–water partition coefficient (Wildman–Crippen LogP) is 3.90. The third kappa shape index (κ3) is 4.68. The van der Waals surface area contributed by atoms with E-state index in [-0.39, 0.29) is 15.7 Å². The van der Waals surface area contributed by atoms with Gasteiger partial charge in [-0.3, -0.25) is 9.78 Å². The monoisotopic (exact) mass is 493 g/mol. The van der Waals surface area contributed by atoms with Crippen LogP contribution in [-0.2, 0) is 21.1 Å². The smallest absolute Gasteiger partial charge is 0.261 e. The van der Waals surface area contributed by atoms with Crippen LogP contribution in [0, 0.1) is 0 Å². The van der Waals surface area contributed by atoms with E-state index >= 15 is 0 Å². The number of sulfone groups is 1. The number of benzene rings is 2. The number of anilines is 1. The number of rotatable bonds is 6. The molecule has 5 rings (SSSR count). The van der Waals surface area contributed by atoms with Crippen LogP contribution in [-0.4, -0.2) is 45.6 Å². The molecule has 174 valence electrons. The Bertz CT molecular complexity index is 1380. The van der Waals surface area contributed by atoms with E-state index in [1.165, 1.54) is 11.3 Å². The molecule has 3 heterocycles. The lowest BCUT2D eigenvalue weighted by atomic mass is 10.2. The van der Waals surface area contributed by atoms with Crippen LogP contribution in [0.2, 0.25) is 0 Å². The molecule has 34 heavy (non-hydrogen) atoms. The average molecular weight is 494 g/mol. The Morgan fingerprint density at radius 3 is 2.35 bits per heavy atom. The summed E-state index contributed by atoms with van der Waals surface area (Å²) in [5.41, 5.74) is 1.81. The molecule has 2 aromatic heterocycles. The molecule has 7 nitrogen and oxygen atoms in total. The van der Waals surface area contributed by atoms with Crippen LogP contribution in [0.1, 0.15) is 15.2 Å². The summed E-state index contributed by atoms with van der Waals surface area (Å²) in [6.07, 6.45) is 3.44. The molecule has 1 N–H and O–H groups in total. The summed E-state index contributed by atoms with van der Waals surface area (Å²) in [7, 11) is -3.63. The van der Waals surface area contributed by atoms with Crippen LogP contribution < -0.4 is 10.2 Å². The van der Waals surface area contributed by atoms with Crippen molar-refractivity contribution in [1.82, 2.24) is 10.3 Å². The Morgan fingerprint density at radius 1 is 1.00 bits per heavy atom. The molecular weight excluding hydrogens is 470 g/mol. The number of morpholine rings is 1. The van der Waals surface area contributed by atoms with Crippen molar-refractivity contribution < 1.29 is 17.9 Å². The SMILES string of the molecule is O=C(NCc1ccc(S(=O)(=O)c2ccc(N3CCOCC3)cc2)cc1)c1cc2ccncc2s1. The minimum absolute atomic E-state index is 0.168. The predicted molar refractivity (Wildman–Crippen MR) is 132 cm³/mol. The van der Waals surface area contributed by atoms with E-state index in [4.69, 9.17) is 4.74 Å². The molecular formula is C25H23N3O4S2. The van der Waals surface area contributed by atoms with E-state index in [1.54, 1.807) is 48.8 Å². The first kappa shape index (κ1) is 22.5. The average Bonchev–Trinajstić information content (AvgIpc) is 3.33. The third-order valence-electron chi connectivity index (χ3n) is 5.76. The number of hydrogen-bond donors (Lipinski definition) is 1. The lowest BCUT2D eigenvalue weighted by Crippen LogP contribution is -2.36. The number of pyridine rings is 1. The zero-order valence-corrected chi connectivity index (χ0v) is 19.9. The molecule has 1 aliphatic heterocycles. The van der Waals surface area contributed by atoms with Crippen molar-refractivity contribution in [2.45, 2.75) is 16.3 Å². The second kappa shape index (κ2) is 9.54. The fraction of sp³-hybridized carbons (Fsp3) is 0.200. The highest BCUT2D eigenvalue weighted by atomic mass is 32.2. The molecule has 2 aromatic carbocycles. The zero-order valence-electron chi connectivity index (χ0n) is 18.3. The summed E-state index contributed by atoms with van der Waals surface area (Å²) in [4.78, 5) is 19.9. The van der Waals surface area contributed by atoms with Crippen LogP contribution in [0.3, 0.4) is 0 Å². The van der Waals surface area contributed by atoms with Crippen molar-refractivity contribution in [3.8, 4) is 0 Å². The van der Waals surface area contributed by atoms with Crippen LogP contribution in [0.25, 0.3) is 10.1 Å². The molecule has 0 bridgehead atoms. The maximum Gasteiger partial charge on any atom is 0.261 e. The summed E-state index contributed by atoms with van der Waals surface area (Å²) in [5, 5.41) is 3.88. The van der Waals surface area contributed by atoms with Gasteiger partial charge in [0.05, 0.1) is 32.6 Å². The highest BCUT2D eigenvalue weighted by Crippen LogP contribution is 2.26. The van der Waals surface area contributed by atoms with Gasteiger partial charge < -0.3 is 15.0 Å². The maximum absolute atomic E-state index is 13.1. The van der Waals surface area contributed by atoms with Gasteiger partial charge in [0.1, 0.15) is 0 Å². The number of aromatic nitrogens is 1. The van der Waals surface area contributed by atoms with Gasteiger partial charge in [0.2, 0.25) is 9.84 Å². The standard InChI is InChI=1S/C25H23N3O4S2/c29-25(23-15-19-9-10-26-17-24(19)33-23)27-16-18-1-5-21(6-2-18)34(30,31)22-7-3-20(4-8-22)28-11-13-32-14-12-28/h1-10,15,17H,11-14,16H2,(H,27,29). The summed E-state index contributed by atoms with van der Waals surface area (Å²) >= 11 is 1.39. The van der Waals surface area contributed by atoms with Crippen molar-refractivity contribution in [2.75, 3.05) is 31.2 Å². The van der Waals surface area contributed by atoms with Crippen molar-refractivity contribution in [3.63, 3.8) is 0 Å². The fourth-order valence-corrected chi connectivity index (χ4v) is 6.05. The third-order valence-corrected chi connectivity index (χ3v) is 8.63. The largest absolute Gasteiger partial charge is 0.378 e. The quantitative estimate of drug-likeness (QED) is 0.438. The molecule has 4 aromatic rings. The van der Waals surface area contributed by atoms with Gasteiger partial charge in [-0.15, -0.1) is 11.3 Å². The Morgan fingerprint density at radius 2 is 1.68 bits per heavy atom. The number of fused-ring (bicyclic) bond motifs is 1. The second-order valence-corrected chi connectivity index (χ2v) is 11.0. The number of nitrogens with one attached hydrogen (secondary N) is 1. The Labute approximate surface area is 201 Å². The summed E-state index contributed by atoms with van der Waals surface area (Å²) < 4.78 is 32.5. The molecule has 0 radical (unpaired) electrons. The first-order valence-corrected chi connectivity index (χ1v) is 13.2. The van der Waals surface area contributed by atoms with Crippen molar-refractivity contribution in [1.29, 1.82) is 0 Å². The molecule has 0 atom stereocenters. The van der Waals surface area contributed by atoms with E-state index in [2.05, 4.69) is 15.2 Å². The highest BCUT2D eigenvalue weighted by molar-refractivity contribution is 7.91. The van der Waals surface area contributed by atoms with Crippen molar-refractivity contribution >= 4 is 42.9 Å². The lowest BCUT2D eigenvalue weighted by molar-refractivity contribution is 0.0955. The molecule has 1 amide bonds. The highest BCUT2D eigenvalue weighted by Gasteiger charge is 2.19. The van der Waals surface area contributed by atoms with Gasteiger partial charge in [0.25, 0.3) is 5.91 Å². The molecule has 0 saturated carbocycles. The van der Waals surface area contributed by atoms with Gasteiger partial charge in [-0.25, -0.2) is 8.42 Å². The van der Waals surface area contributed by atoms with Gasteiger partial charge in [-0.05, 0) is 59.5 Å². The first-order chi connectivity index (χ1) is 16.5. The fourth-order valence-electron chi connectivity index (χ4n) is 3.85. The number of amides is 1. The lowest BCUT2D eigenvalue weighted by Gasteiger charge is -2.28. The number of hydrogen-bond acceptors (Lipinski definition) is 7. The van der Waals surface area contributed by atoms with Crippen LogP contribution in [0.15, 0.2) is 82.8 Å². The summed E-state index contributed by atoms with van der Waals surface area (Å²) in [6.45, 7) is 3.25. The van der Waals surface area contributed by atoms with Crippen molar-refractivity contribution in [3.05, 3.63) is 83.5 Å². The van der Waals surface area contributed by atoms with Gasteiger partial charge >= 0.3 is 0 Å². The minimum atomic E-state index is -3.63. The number of carbonyl (C=O) groups excluding carboxylic acids is 1. The Balaban J connectivity index is 1.24. The number of ether oxygens (including phenoxy) is 1. The van der Waals surface area contributed by atoms with Gasteiger partial charge in [0.15, 0.2) is 0 Å². The normalized spacial score (nSPS) is 14.3. The molecule has 1 saturated heterocycles. The van der Waals surface area contributed by atoms with E-state index in [0.29, 0.717) is 24.6 Å².